The van der Waals surface area contributed by atoms with E-state index in [-0.39, 0.29) is 11.3 Å². The van der Waals surface area contributed by atoms with Gasteiger partial charge in [-0.1, -0.05) is 6.92 Å². The van der Waals surface area contributed by atoms with Crippen LogP contribution in [0.3, 0.4) is 0 Å². The highest BCUT2D eigenvalue weighted by Crippen LogP contribution is 2.15. The van der Waals surface area contributed by atoms with Crippen molar-refractivity contribution in [2.24, 2.45) is 0 Å². The number of ether oxygens (including phenoxy) is 1. The molecule has 1 saturated heterocycles. The molecule has 1 N–H and O–H groups in total. The van der Waals surface area contributed by atoms with Crippen LogP contribution in [0.5, 0.6) is 0 Å². The molecule has 1 aliphatic rings. The summed E-state index contributed by atoms with van der Waals surface area (Å²) in [5.41, 5.74) is -0.432. The largest absolute Gasteiger partial charge is 0.444 e. The van der Waals surface area contributed by atoms with Crippen molar-refractivity contribution in [3.05, 3.63) is 0 Å². The fourth-order valence-electron chi connectivity index (χ4n) is 2.25. The number of carbonyl (C=O) groups is 1. The van der Waals surface area contributed by atoms with Gasteiger partial charge in [-0.05, 0) is 46.6 Å². The fraction of sp³-hybridized carbons (Fsp3) is 0.933. The van der Waals surface area contributed by atoms with Gasteiger partial charge >= 0.3 is 6.09 Å². The summed E-state index contributed by atoms with van der Waals surface area (Å²) in [7, 11) is -0.748. The Balaban J connectivity index is 2.23. The SMILES string of the molecule is CC(CCNC1CCN(C(=O)OC(C)(C)C)CC1)S(C)=O. The van der Waals surface area contributed by atoms with Gasteiger partial charge in [0.05, 0.1) is 0 Å². The Morgan fingerprint density at radius 3 is 2.43 bits per heavy atom. The van der Waals surface area contributed by atoms with Crippen molar-refractivity contribution in [3.8, 4) is 0 Å². The molecule has 21 heavy (non-hydrogen) atoms. The van der Waals surface area contributed by atoms with Crippen LogP contribution in [0.4, 0.5) is 4.79 Å². The normalized spacial score (nSPS) is 20.1. The average molecular weight is 318 g/mol. The Labute approximate surface area is 131 Å². The molecule has 1 aliphatic heterocycles. The minimum atomic E-state index is -0.748. The Kier molecular flexibility index (Phi) is 7.13. The Hall–Kier alpha value is -0.620. The number of hydrogen-bond acceptors (Lipinski definition) is 4. The zero-order chi connectivity index (χ0) is 16.0. The number of nitrogens with zero attached hydrogens (tertiary/aromatic N) is 1. The van der Waals surface area contributed by atoms with Crippen molar-refractivity contribution in [2.45, 2.75) is 63.9 Å². The third kappa shape index (κ3) is 7.27. The average Bonchev–Trinajstić information content (AvgIpc) is 2.37. The van der Waals surface area contributed by atoms with Gasteiger partial charge in [0.2, 0.25) is 0 Å². The number of hydrogen-bond donors (Lipinski definition) is 1. The van der Waals surface area contributed by atoms with Crippen molar-refractivity contribution >= 4 is 16.9 Å². The van der Waals surface area contributed by atoms with Gasteiger partial charge in [0.15, 0.2) is 0 Å². The molecule has 2 unspecified atom stereocenters. The Bertz CT molecular complexity index is 360. The van der Waals surface area contributed by atoms with Crippen molar-refractivity contribution in [1.29, 1.82) is 0 Å². The topological polar surface area (TPSA) is 58.6 Å². The van der Waals surface area contributed by atoms with Gasteiger partial charge in [-0.3, -0.25) is 4.21 Å². The summed E-state index contributed by atoms with van der Waals surface area (Å²) in [5, 5.41) is 3.74. The monoisotopic (exact) mass is 318 g/mol. The van der Waals surface area contributed by atoms with Crippen molar-refractivity contribution in [3.63, 3.8) is 0 Å². The number of likely N-dealkylation sites (tertiary alicyclic amines) is 1. The highest BCUT2D eigenvalue weighted by molar-refractivity contribution is 7.84. The second-order valence-corrected chi connectivity index (χ2v) is 8.60. The second kappa shape index (κ2) is 8.13. The number of amides is 1. The predicted molar refractivity (Wildman–Crippen MR) is 87.0 cm³/mol. The summed E-state index contributed by atoms with van der Waals surface area (Å²) < 4.78 is 16.7. The summed E-state index contributed by atoms with van der Waals surface area (Å²) in [4.78, 5) is 13.7. The van der Waals surface area contributed by atoms with Crippen LogP contribution >= 0.6 is 0 Å². The molecule has 0 saturated carbocycles. The highest BCUT2D eigenvalue weighted by atomic mass is 32.2. The molecule has 0 aromatic carbocycles. The van der Waals surface area contributed by atoms with Crippen LogP contribution in [0.15, 0.2) is 0 Å². The Morgan fingerprint density at radius 1 is 1.38 bits per heavy atom. The van der Waals surface area contributed by atoms with Gasteiger partial charge in [-0.2, -0.15) is 0 Å². The first-order valence-corrected chi connectivity index (χ1v) is 9.34. The van der Waals surface area contributed by atoms with E-state index in [1.807, 2.05) is 27.7 Å². The molecule has 124 valence electrons. The minimum Gasteiger partial charge on any atom is -0.444 e. The second-order valence-electron chi connectivity index (χ2n) is 6.79. The lowest BCUT2D eigenvalue weighted by Gasteiger charge is -2.34. The molecule has 1 heterocycles. The maximum absolute atomic E-state index is 11.9. The first kappa shape index (κ1) is 18.4. The maximum atomic E-state index is 11.9. The summed E-state index contributed by atoms with van der Waals surface area (Å²) >= 11 is 0. The number of nitrogens with one attached hydrogen (secondary N) is 1. The molecule has 0 bridgehead atoms. The lowest BCUT2D eigenvalue weighted by molar-refractivity contribution is 0.0198. The zero-order valence-electron chi connectivity index (χ0n) is 14.0. The van der Waals surface area contributed by atoms with Crippen LogP contribution in [-0.2, 0) is 15.5 Å². The van der Waals surface area contributed by atoms with E-state index < -0.39 is 16.4 Å². The smallest absolute Gasteiger partial charge is 0.410 e. The van der Waals surface area contributed by atoms with Crippen LogP contribution in [0.25, 0.3) is 0 Å². The van der Waals surface area contributed by atoms with E-state index in [4.69, 9.17) is 4.74 Å². The standard InChI is InChI=1S/C15H30N2O3S/c1-12(21(5)19)6-9-16-13-7-10-17(11-8-13)14(18)20-15(2,3)4/h12-13,16H,6-11H2,1-5H3. The van der Waals surface area contributed by atoms with Gasteiger partial charge in [-0.25, -0.2) is 4.79 Å². The highest BCUT2D eigenvalue weighted by Gasteiger charge is 2.26. The fourth-order valence-corrected chi connectivity index (χ4v) is 2.70. The minimum absolute atomic E-state index is 0.212. The molecular formula is C15H30N2O3S. The van der Waals surface area contributed by atoms with E-state index in [9.17, 15) is 9.00 Å². The molecular weight excluding hydrogens is 288 g/mol. The van der Waals surface area contributed by atoms with Crippen molar-refractivity contribution in [1.82, 2.24) is 10.2 Å². The molecule has 6 heteroatoms. The van der Waals surface area contributed by atoms with E-state index >= 15 is 0 Å². The summed E-state index contributed by atoms with van der Waals surface area (Å²) in [6, 6.07) is 0.446. The van der Waals surface area contributed by atoms with E-state index in [0.717, 1.165) is 38.9 Å². The molecule has 0 spiro atoms. The van der Waals surface area contributed by atoms with Crippen molar-refractivity contribution < 1.29 is 13.7 Å². The van der Waals surface area contributed by atoms with Crippen LogP contribution in [0.2, 0.25) is 0 Å². The lowest BCUT2D eigenvalue weighted by atomic mass is 10.1. The van der Waals surface area contributed by atoms with Crippen molar-refractivity contribution in [2.75, 3.05) is 25.9 Å². The summed E-state index contributed by atoms with van der Waals surface area (Å²) in [6.45, 7) is 10.0. The molecule has 0 aromatic rings. The van der Waals surface area contributed by atoms with Crippen LogP contribution in [0.1, 0.15) is 47.0 Å². The van der Waals surface area contributed by atoms with Gasteiger partial charge in [0.1, 0.15) is 5.60 Å². The molecule has 1 amide bonds. The summed E-state index contributed by atoms with van der Waals surface area (Å²) in [6.07, 6.45) is 4.36. The zero-order valence-corrected chi connectivity index (χ0v) is 14.8. The maximum Gasteiger partial charge on any atom is 0.410 e. The molecule has 0 aliphatic carbocycles. The molecule has 0 radical (unpaired) electrons. The van der Waals surface area contributed by atoms with Crippen LogP contribution in [0, 0.1) is 0 Å². The van der Waals surface area contributed by atoms with Gasteiger partial charge in [0.25, 0.3) is 0 Å². The van der Waals surface area contributed by atoms with E-state index in [2.05, 4.69) is 5.32 Å². The molecule has 1 rings (SSSR count). The molecule has 0 aromatic heterocycles. The van der Waals surface area contributed by atoms with Gasteiger partial charge < -0.3 is 15.0 Å². The molecule has 2 atom stereocenters. The van der Waals surface area contributed by atoms with Crippen LogP contribution < -0.4 is 5.32 Å². The number of piperidine rings is 1. The summed E-state index contributed by atoms with van der Waals surface area (Å²) in [5.74, 6) is 0. The van der Waals surface area contributed by atoms with E-state index in [1.54, 1.807) is 11.2 Å². The number of rotatable bonds is 5. The third-order valence-electron chi connectivity index (χ3n) is 3.70. The van der Waals surface area contributed by atoms with E-state index in [0.29, 0.717) is 6.04 Å². The molecule has 1 fully saturated rings. The van der Waals surface area contributed by atoms with Gasteiger partial charge in [-0.15, -0.1) is 0 Å². The first-order valence-electron chi connectivity index (χ1n) is 7.72. The quantitative estimate of drug-likeness (QED) is 0.844. The van der Waals surface area contributed by atoms with E-state index in [1.165, 1.54) is 0 Å². The Morgan fingerprint density at radius 2 is 1.95 bits per heavy atom. The van der Waals surface area contributed by atoms with Crippen LogP contribution in [-0.4, -0.2) is 58.0 Å². The first-order chi connectivity index (χ1) is 9.69. The lowest BCUT2D eigenvalue weighted by Crippen LogP contribution is -2.46. The molecule has 5 nitrogen and oxygen atoms in total. The predicted octanol–water partition coefficient (Wildman–Crippen LogP) is 2.13. The number of carbonyl (C=O) groups excluding carboxylic acids is 1. The van der Waals surface area contributed by atoms with Gasteiger partial charge in [0, 0.05) is 41.4 Å². The third-order valence-corrected chi connectivity index (χ3v) is 5.07.